The van der Waals surface area contributed by atoms with Gasteiger partial charge in [0.1, 0.15) is 0 Å². The van der Waals surface area contributed by atoms with Gasteiger partial charge in [0, 0.05) is 0 Å². The highest BCUT2D eigenvalue weighted by Crippen LogP contribution is 2.35. The Morgan fingerprint density at radius 1 is 1.06 bits per heavy atom. The molecule has 0 nitrogen and oxygen atoms in total. The third-order valence-corrected chi connectivity index (χ3v) is 4.48. The Balaban J connectivity index is 2.06. The first-order valence-corrected chi connectivity index (χ1v) is 7.75. The van der Waals surface area contributed by atoms with E-state index in [9.17, 15) is 0 Å². The SMILES string of the molecule is CC(C)Cc1cccc(C(C)C2CCCCC2)c1. The second-order valence-corrected chi connectivity index (χ2v) is 6.53. The molecule has 0 heterocycles. The van der Waals surface area contributed by atoms with Crippen molar-refractivity contribution in [1.82, 2.24) is 0 Å². The third kappa shape index (κ3) is 3.60. The van der Waals surface area contributed by atoms with Crippen LogP contribution in [0.4, 0.5) is 0 Å². The molecule has 1 saturated carbocycles. The van der Waals surface area contributed by atoms with Gasteiger partial charge in [-0.1, -0.05) is 64.3 Å². The van der Waals surface area contributed by atoms with Crippen molar-refractivity contribution in [3.63, 3.8) is 0 Å². The van der Waals surface area contributed by atoms with E-state index in [-0.39, 0.29) is 0 Å². The quantitative estimate of drug-likeness (QED) is 0.649. The van der Waals surface area contributed by atoms with Gasteiger partial charge in [-0.2, -0.15) is 0 Å². The summed E-state index contributed by atoms with van der Waals surface area (Å²) in [5, 5.41) is 0. The maximum Gasteiger partial charge on any atom is -0.0162 e. The molecule has 1 aromatic rings. The van der Waals surface area contributed by atoms with E-state index in [1.807, 2.05) is 0 Å². The van der Waals surface area contributed by atoms with Crippen LogP contribution in [0.1, 0.15) is 69.9 Å². The summed E-state index contributed by atoms with van der Waals surface area (Å²) in [6.07, 6.45) is 8.44. The second-order valence-electron chi connectivity index (χ2n) is 6.53. The first-order valence-electron chi connectivity index (χ1n) is 7.75. The first-order chi connectivity index (χ1) is 8.66. The molecule has 0 N–H and O–H groups in total. The second kappa shape index (κ2) is 6.41. The first kappa shape index (κ1) is 13.6. The molecule has 0 saturated heterocycles. The minimum absolute atomic E-state index is 0.748. The van der Waals surface area contributed by atoms with Crippen LogP contribution in [-0.4, -0.2) is 0 Å². The van der Waals surface area contributed by atoms with Gasteiger partial charge < -0.3 is 0 Å². The zero-order valence-electron chi connectivity index (χ0n) is 12.3. The number of rotatable bonds is 4. The van der Waals surface area contributed by atoms with Crippen molar-refractivity contribution in [2.24, 2.45) is 11.8 Å². The largest absolute Gasteiger partial charge is 0.0625 e. The van der Waals surface area contributed by atoms with Crippen molar-refractivity contribution in [3.05, 3.63) is 35.4 Å². The highest BCUT2D eigenvalue weighted by molar-refractivity contribution is 5.27. The highest BCUT2D eigenvalue weighted by Gasteiger charge is 2.21. The van der Waals surface area contributed by atoms with Gasteiger partial charge in [-0.05, 0) is 48.1 Å². The zero-order valence-corrected chi connectivity index (χ0v) is 12.3. The summed E-state index contributed by atoms with van der Waals surface area (Å²) in [5.41, 5.74) is 3.09. The van der Waals surface area contributed by atoms with Crippen LogP contribution in [0.3, 0.4) is 0 Å². The van der Waals surface area contributed by atoms with Gasteiger partial charge in [0.2, 0.25) is 0 Å². The van der Waals surface area contributed by atoms with Crippen molar-refractivity contribution in [2.75, 3.05) is 0 Å². The van der Waals surface area contributed by atoms with E-state index in [4.69, 9.17) is 0 Å². The maximum absolute atomic E-state index is 2.46. The van der Waals surface area contributed by atoms with Crippen LogP contribution >= 0.6 is 0 Å². The predicted molar refractivity (Wildman–Crippen MR) is 80.0 cm³/mol. The molecular weight excluding hydrogens is 216 g/mol. The third-order valence-electron chi connectivity index (χ3n) is 4.48. The van der Waals surface area contributed by atoms with Crippen LogP contribution in [0.15, 0.2) is 24.3 Å². The van der Waals surface area contributed by atoms with Crippen LogP contribution in [-0.2, 0) is 6.42 Å². The van der Waals surface area contributed by atoms with E-state index in [1.165, 1.54) is 44.1 Å². The van der Waals surface area contributed by atoms with Crippen LogP contribution in [0.5, 0.6) is 0 Å². The summed E-state index contributed by atoms with van der Waals surface area (Å²) in [5.74, 6) is 2.43. The summed E-state index contributed by atoms with van der Waals surface area (Å²) in [6.45, 7) is 7.04. The van der Waals surface area contributed by atoms with Crippen LogP contribution < -0.4 is 0 Å². The Bertz CT molecular complexity index is 358. The lowest BCUT2D eigenvalue weighted by Gasteiger charge is -2.28. The fourth-order valence-electron chi connectivity index (χ4n) is 3.38. The minimum atomic E-state index is 0.748. The fraction of sp³-hybridized carbons (Fsp3) is 0.667. The molecule has 1 aliphatic rings. The van der Waals surface area contributed by atoms with E-state index < -0.39 is 0 Å². The predicted octanol–water partition coefficient (Wildman–Crippen LogP) is 5.57. The van der Waals surface area contributed by atoms with Gasteiger partial charge in [0.15, 0.2) is 0 Å². The van der Waals surface area contributed by atoms with Crippen molar-refractivity contribution in [3.8, 4) is 0 Å². The molecule has 1 fully saturated rings. The van der Waals surface area contributed by atoms with Gasteiger partial charge in [-0.25, -0.2) is 0 Å². The molecule has 0 bridgehead atoms. The molecule has 0 heteroatoms. The monoisotopic (exact) mass is 244 g/mol. The lowest BCUT2D eigenvalue weighted by Crippen LogP contribution is -2.14. The van der Waals surface area contributed by atoms with Gasteiger partial charge >= 0.3 is 0 Å². The smallest absolute Gasteiger partial charge is 0.0162 e. The molecule has 100 valence electrons. The average Bonchev–Trinajstić information content (AvgIpc) is 2.38. The van der Waals surface area contributed by atoms with Crippen LogP contribution in [0.25, 0.3) is 0 Å². The Labute approximate surface area is 113 Å². The molecule has 0 aliphatic heterocycles. The number of benzene rings is 1. The number of hydrogen-bond donors (Lipinski definition) is 0. The molecule has 18 heavy (non-hydrogen) atoms. The van der Waals surface area contributed by atoms with Crippen molar-refractivity contribution in [2.45, 2.75) is 65.2 Å². The molecule has 0 radical (unpaired) electrons. The molecule has 1 aromatic carbocycles. The van der Waals surface area contributed by atoms with Gasteiger partial charge in [0.25, 0.3) is 0 Å². The summed E-state index contributed by atoms with van der Waals surface area (Å²) in [7, 11) is 0. The summed E-state index contributed by atoms with van der Waals surface area (Å²) >= 11 is 0. The Hall–Kier alpha value is -0.780. The Morgan fingerprint density at radius 3 is 2.44 bits per heavy atom. The zero-order chi connectivity index (χ0) is 13.0. The van der Waals surface area contributed by atoms with Crippen molar-refractivity contribution >= 4 is 0 Å². The van der Waals surface area contributed by atoms with Gasteiger partial charge in [0.05, 0.1) is 0 Å². The van der Waals surface area contributed by atoms with E-state index >= 15 is 0 Å². The molecular formula is C18H28. The van der Waals surface area contributed by atoms with E-state index in [0.717, 1.165) is 17.8 Å². The molecule has 1 unspecified atom stereocenters. The molecule has 0 spiro atoms. The maximum atomic E-state index is 2.46. The molecule has 2 rings (SSSR count). The topological polar surface area (TPSA) is 0 Å². The highest BCUT2D eigenvalue weighted by atomic mass is 14.3. The van der Waals surface area contributed by atoms with E-state index in [0.29, 0.717) is 0 Å². The Morgan fingerprint density at radius 2 is 1.78 bits per heavy atom. The lowest BCUT2D eigenvalue weighted by molar-refractivity contribution is 0.316. The fourth-order valence-corrected chi connectivity index (χ4v) is 3.38. The standard InChI is InChI=1S/C18H28/c1-14(2)12-16-8-7-11-18(13-16)15(3)17-9-5-4-6-10-17/h7-8,11,13-15,17H,4-6,9-10,12H2,1-3H3. The van der Waals surface area contributed by atoms with E-state index in [2.05, 4.69) is 45.0 Å². The number of hydrogen-bond acceptors (Lipinski definition) is 0. The molecule has 1 atom stereocenters. The van der Waals surface area contributed by atoms with Crippen LogP contribution in [0, 0.1) is 11.8 Å². The average molecular weight is 244 g/mol. The Kier molecular flexibility index (Phi) is 4.86. The lowest BCUT2D eigenvalue weighted by atomic mass is 9.77. The molecule has 0 amide bonds. The summed E-state index contributed by atoms with van der Waals surface area (Å²) in [6, 6.07) is 9.34. The van der Waals surface area contributed by atoms with E-state index in [1.54, 1.807) is 5.56 Å². The van der Waals surface area contributed by atoms with Crippen molar-refractivity contribution < 1.29 is 0 Å². The molecule has 0 aromatic heterocycles. The van der Waals surface area contributed by atoms with Crippen LogP contribution in [0.2, 0.25) is 0 Å². The normalized spacial score (nSPS) is 19.1. The minimum Gasteiger partial charge on any atom is -0.0625 e. The molecule has 1 aliphatic carbocycles. The van der Waals surface area contributed by atoms with Gasteiger partial charge in [-0.15, -0.1) is 0 Å². The summed E-state index contributed by atoms with van der Waals surface area (Å²) < 4.78 is 0. The van der Waals surface area contributed by atoms with Crippen molar-refractivity contribution in [1.29, 1.82) is 0 Å². The van der Waals surface area contributed by atoms with Gasteiger partial charge in [-0.3, -0.25) is 0 Å². The summed E-state index contributed by atoms with van der Waals surface area (Å²) in [4.78, 5) is 0.